The van der Waals surface area contributed by atoms with Crippen molar-refractivity contribution in [1.29, 1.82) is 0 Å². The van der Waals surface area contributed by atoms with Crippen LogP contribution in [0.15, 0.2) is 60.0 Å². The fourth-order valence-corrected chi connectivity index (χ4v) is 4.36. The lowest BCUT2D eigenvalue weighted by Gasteiger charge is -2.30. The Kier molecular flexibility index (Phi) is 6.31. The number of nitrogens with one attached hydrogen (secondary N) is 1. The second-order valence-electron chi connectivity index (χ2n) is 8.13. The van der Waals surface area contributed by atoms with Gasteiger partial charge in [-0.2, -0.15) is 0 Å². The Balaban J connectivity index is 1.80. The molecule has 0 bridgehead atoms. The summed E-state index contributed by atoms with van der Waals surface area (Å²) in [4.78, 5) is 0. The standard InChI is InChI=1S/C22H28N2O4S/c1-22(2,3)23-13-18(25)15-28-21-16-29(26,27)24(14-17-9-5-4-6-10-17)20-12-8-7-11-19(20)21/h4-12,16,18,23,25H,13-15H2,1-3H3. The number of aliphatic hydroxyl groups is 1. The summed E-state index contributed by atoms with van der Waals surface area (Å²) < 4.78 is 33.0. The normalized spacial score (nSPS) is 16.7. The van der Waals surface area contributed by atoms with E-state index in [9.17, 15) is 13.5 Å². The van der Waals surface area contributed by atoms with Crippen LogP contribution in [0.1, 0.15) is 31.9 Å². The quantitative estimate of drug-likeness (QED) is 0.725. The van der Waals surface area contributed by atoms with Gasteiger partial charge in [-0.05, 0) is 38.5 Å². The second-order valence-corrected chi connectivity index (χ2v) is 9.84. The van der Waals surface area contributed by atoms with Crippen molar-refractivity contribution in [2.45, 2.75) is 39.0 Å². The molecule has 0 saturated carbocycles. The number of anilines is 1. The first kappa shape index (κ1) is 21.4. The Morgan fingerprint density at radius 2 is 1.72 bits per heavy atom. The summed E-state index contributed by atoms with van der Waals surface area (Å²) in [5.41, 5.74) is 2.02. The minimum atomic E-state index is -3.72. The molecule has 6 nitrogen and oxygen atoms in total. The first-order valence-corrected chi connectivity index (χ1v) is 11.1. The van der Waals surface area contributed by atoms with E-state index in [1.54, 1.807) is 12.1 Å². The van der Waals surface area contributed by atoms with Gasteiger partial charge in [-0.3, -0.25) is 4.31 Å². The molecule has 2 aromatic rings. The molecule has 0 fully saturated rings. The smallest absolute Gasteiger partial charge is 0.261 e. The average Bonchev–Trinajstić information content (AvgIpc) is 2.67. The van der Waals surface area contributed by atoms with Crippen LogP contribution in [0, 0.1) is 0 Å². The topological polar surface area (TPSA) is 78.9 Å². The lowest BCUT2D eigenvalue weighted by atomic mass is 10.1. The van der Waals surface area contributed by atoms with Crippen LogP contribution in [0.3, 0.4) is 0 Å². The molecule has 1 atom stereocenters. The highest BCUT2D eigenvalue weighted by Crippen LogP contribution is 2.36. The molecule has 7 heteroatoms. The molecule has 1 aliphatic rings. The van der Waals surface area contributed by atoms with E-state index in [0.29, 0.717) is 17.8 Å². The average molecular weight is 417 g/mol. The summed E-state index contributed by atoms with van der Waals surface area (Å²) in [6.07, 6.45) is -0.757. The fraction of sp³-hybridized carbons (Fsp3) is 0.364. The first-order valence-electron chi connectivity index (χ1n) is 9.59. The molecule has 3 rings (SSSR count). The Bertz CT molecular complexity index is 966. The van der Waals surface area contributed by atoms with E-state index in [1.165, 1.54) is 4.31 Å². The predicted molar refractivity (Wildman–Crippen MR) is 116 cm³/mol. The molecule has 29 heavy (non-hydrogen) atoms. The van der Waals surface area contributed by atoms with E-state index in [0.717, 1.165) is 11.0 Å². The van der Waals surface area contributed by atoms with Crippen molar-refractivity contribution in [2.75, 3.05) is 17.5 Å². The second kappa shape index (κ2) is 8.57. The molecule has 0 aromatic heterocycles. The van der Waals surface area contributed by atoms with Gasteiger partial charge < -0.3 is 15.2 Å². The van der Waals surface area contributed by atoms with Gasteiger partial charge in [0.1, 0.15) is 18.5 Å². The molecule has 0 spiro atoms. The Hall–Kier alpha value is -2.35. The minimum absolute atomic E-state index is 0.00253. The minimum Gasteiger partial charge on any atom is -0.489 e. The highest BCUT2D eigenvalue weighted by Gasteiger charge is 2.31. The van der Waals surface area contributed by atoms with Gasteiger partial charge >= 0.3 is 0 Å². The van der Waals surface area contributed by atoms with Crippen LogP contribution in [0.4, 0.5) is 5.69 Å². The van der Waals surface area contributed by atoms with Crippen LogP contribution < -0.4 is 9.62 Å². The molecular weight excluding hydrogens is 388 g/mol. The zero-order chi connectivity index (χ0) is 21.1. The molecule has 0 saturated heterocycles. The number of nitrogens with zero attached hydrogens (tertiary/aromatic N) is 1. The number of aliphatic hydroxyl groups excluding tert-OH is 1. The Labute approximate surface area is 172 Å². The van der Waals surface area contributed by atoms with E-state index in [4.69, 9.17) is 4.74 Å². The molecule has 0 radical (unpaired) electrons. The van der Waals surface area contributed by atoms with Gasteiger partial charge in [0.05, 0.1) is 17.6 Å². The number of benzene rings is 2. The number of ether oxygens (including phenoxy) is 1. The van der Waals surface area contributed by atoms with Crippen molar-refractivity contribution in [3.05, 3.63) is 71.1 Å². The maximum Gasteiger partial charge on any atom is 0.261 e. The van der Waals surface area contributed by atoms with Crippen LogP contribution in [0.25, 0.3) is 5.76 Å². The monoisotopic (exact) mass is 416 g/mol. The fourth-order valence-electron chi connectivity index (χ4n) is 3.00. The molecular formula is C22H28N2O4S. The zero-order valence-electron chi connectivity index (χ0n) is 17.0. The van der Waals surface area contributed by atoms with Crippen molar-refractivity contribution >= 4 is 21.5 Å². The maximum absolute atomic E-state index is 13.0. The van der Waals surface area contributed by atoms with Crippen LogP contribution in [0.2, 0.25) is 0 Å². The van der Waals surface area contributed by atoms with E-state index >= 15 is 0 Å². The van der Waals surface area contributed by atoms with E-state index < -0.39 is 16.1 Å². The van der Waals surface area contributed by atoms with Gasteiger partial charge in [-0.1, -0.05) is 42.5 Å². The Morgan fingerprint density at radius 3 is 2.41 bits per heavy atom. The zero-order valence-corrected chi connectivity index (χ0v) is 17.8. The predicted octanol–water partition coefficient (Wildman–Crippen LogP) is 3.10. The summed E-state index contributed by atoms with van der Waals surface area (Å²) in [6.45, 7) is 6.61. The van der Waals surface area contributed by atoms with E-state index in [1.807, 2.05) is 63.2 Å². The van der Waals surface area contributed by atoms with E-state index in [-0.39, 0.29) is 24.4 Å². The summed E-state index contributed by atoms with van der Waals surface area (Å²) in [5.74, 6) is 0.250. The van der Waals surface area contributed by atoms with Gasteiger partial charge in [0, 0.05) is 17.6 Å². The molecule has 0 aliphatic carbocycles. The van der Waals surface area contributed by atoms with Crippen LogP contribution >= 0.6 is 0 Å². The van der Waals surface area contributed by atoms with Crippen LogP contribution in [-0.4, -0.2) is 38.3 Å². The highest BCUT2D eigenvalue weighted by atomic mass is 32.2. The third-order valence-corrected chi connectivity index (χ3v) is 5.92. The SMILES string of the molecule is CC(C)(C)NCC(O)COC1=CS(=O)(=O)N(Cc2ccccc2)c2ccccc21. The maximum atomic E-state index is 13.0. The van der Waals surface area contributed by atoms with Gasteiger partial charge in [0.15, 0.2) is 0 Å². The number of sulfonamides is 1. The largest absolute Gasteiger partial charge is 0.489 e. The third kappa shape index (κ3) is 5.59. The van der Waals surface area contributed by atoms with Gasteiger partial charge in [-0.15, -0.1) is 0 Å². The Morgan fingerprint density at radius 1 is 1.07 bits per heavy atom. The lowest BCUT2D eigenvalue weighted by Crippen LogP contribution is -2.42. The van der Waals surface area contributed by atoms with Crippen molar-refractivity contribution in [2.24, 2.45) is 0 Å². The lowest BCUT2D eigenvalue weighted by molar-refractivity contribution is 0.0874. The summed E-state index contributed by atoms with van der Waals surface area (Å²) in [6, 6.07) is 16.7. The molecule has 1 heterocycles. The van der Waals surface area contributed by atoms with Crippen molar-refractivity contribution < 1.29 is 18.3 Å². The van der Waals surface area contributed by atoms with Gasteiger partial charge in [0.2, 0.25) is 0 Å². The first-order chi connectivity index (χ1) is 13.7. The molecule has 0 amide bonds. The summed E-state index contributed by atoms with van der Waals surface area (Å²) in [5, 5.41) is 14.5. The number of rotatable bonds is 7. The van der Waals surface area contributed by atoms with Crippen LogP contribution in [-0.2, 0) is 21.3 Å². The molecule has 156 valence electrons. The highest BCUT2D eigenvalue weighted by molar-refractivity contribution is 7.95. The molecule has 1 aliphatic heterocycles. The molecule has 2 N–H and O–H groups in total. The number of hydrogen-bond donors (Lipinski definition) is 2. The van der Waals surface area contributed by atoms with Gasteiger partial charge in [-0.25, -0.2) is 8.42 Å². The molecule has 1 unspecified atom stereocenters. The number of para-hydroxylation sites is 1. The number of fused-ring (bicyclic) bond motifs is 1. The summed E-state index contributed by atoms with van der Waals surface area (Å²) >= 11 is 0. The number of β-amino-alcohol motifs (C(OH)–C–C–N with tert-alkyl or cyclic N) is 1. The van der Waals surface area contributed by atoms with Gasteiger partial charge in [0.25, 0.3) is 10.0 Å². The summed E-state index contributed by atoms with van der Waals surface area (Å²) in [7, 11) is -3.72. The van der Waals surface area contributed by atoms with E-state index in [2.05, 4.69) is 5.32 Å². The van der Waals surface area contributed by atoms with Crippen LogP contribution in [0.5, 0.6) is 0 Å². The van der Waals surface area contributed by atoms with Crippen molar-refractivity contribution in [1.82, 2.24) is 5.32 Å². The molecule has 2 aromatic carbocycles. The third-order valence-electron chi connectivity index (χ3n) is 4.47. The van der Waals surface area contributed by atoms with Crippen molar-refractivity contribution in [3.8, 4) is 0 Å². The number of hydrogen-bond acceptors (Lipinski definition) is 5. The van der Waals surface area contributed by atoms with Crippen molar-refractivity contribution in [3.63, 3.8) is 0 Å².